The number of nitrogens with zero attached hydrogens (tertiary/aromatic N) is 1. The molecule has 2 heterocycles. The van der Waals surface area contributed by atoms with Crippen molar-refractivity contribution < 1.29 is 13.2 Å². The molecule has 1 fully saturated rings. The van der Waals surface area contributed by atoms with Gasteiger partial charge in [-0.05, 0) is 47.8 Å². The van der Waals surface area contributed by atoms with Crippen LogP contribution in [0.4, 0.5) is 0 Å². The van der Waals surface area contributed by atoms with Crippen molar-refractivity contribution in [1.82, 2.24) is 4.31 Å². The van der Waals surface area contributed by atoms with Crippen LogP contribution in [0, 0.1) is 5.92 Å². The minimum Gasteiger partial charge on any atom is -0.300 e. The summed E-state index contributed by atoms with van der Waals surface area (Å²) in [6.07, 6.45) is 1.25. The maximum atomic E-state index is 12.3. The molecule has 0 bridgehead atoms. The lowest BCUT2D eigenvalue weighted by molar-refractivity contribution is -0.121. The molecule has 0 aliphatic carbocycles. The standard InChI is InChI=1S/C11H14BrNO3S2/c1-8(14)9-4-6-13(7-5-9)18(15,16)11-3-2-10(12)17-11/h2-3,9H,4-7H2,1H3. The Hall–Kier alpha value is -0.240. The molecule has 1 aromatic rings. The van der Waals surface area contributed by atoms with Gasteiger partial charge in [-0.2, -0.15) is 4.31 Å². The number of thiophene rings is 1. The fourth-order valence-electron chi connectivity index (χ4n) is 2.07. The second-order valence-electron chi connectivity index (χ2n) is 4.35. The summed E-state index contributed by atoms with van der Waals surface area (Å²) in [4.78, 5) is 11.3. The highest BCUT2D eigenvalue weighted by molar-refractivity contribution is 9.11. The van der Waals surface area contributed by atoms with Gasteiger partial charge in [0.2, 0.25) is 0 Å². The first-order valence-corrected chi connectivity index (χ1v) is 8.72. The van der Waals surface area contributed by atoms with Gasteiger partial charge >= 0.3 is 0 Å². The van der Waals surface area contributed by atoms with Crippen LogP contribution in [0.3, 0.4) is 0 Å². The lowest BCUT2D eigenvalue weighted by Crippen LogP contribution is -2.39. The molecule has 1 saturated heterocycles. The van der Waals surface area contributed by atoms with Crippen LogP contribution in [0.2, 0.25) is 0 Å². The van der Waals surface area contributed by atoms with Crippen LogP contribution in [0.25, 0.3) is 0 Å². The highest BCUT2D eigenvalue weighted by Gasteiger charge is 2.31. The number of halogens is 1. The Labute approximate surface area is 119 Å². The van der Waals surface area contributed by atoms with Gasteiger partial charge in [-0.15, -0.1) is 11.3 Å². The van der Waals surface area contributed by atoms with E-state index in [0.29, 0.717) is 30.1 Å². The molecule has 7 heteroatoms. The van der Waals surface area contributed by atoms with E-state index in [0.717, 1.165) is 3.79 Å². The van der Waals surface area contributed by atoms with Crippen LogP contribution in [0.5, 0.6) is 0 Å². The zero-order chi connectivity index (χ0) is 13.3. The highest BCUT2D eigenvalue weighted by Crippen LogP contribution is 2.30. The lowest BCUT2D eigenvalue weighted by Gasteiger charge is -2.29. The molecular formula is C11H14BrNO3S2. The quantitative estimate of drug-likeness (QED) is 0.840. The zero-order valence-corrected chi connectivity index (χ0v) is 13.1. The van der Waals surface area contributed by atoms with Crippen molar-refractivity contribution in [3.05, 3.63) is 15.9 Å². The first-order chi connectivity index (χ1) is 8.41. The summed E-state index contributed by atoms with van der Waals surface area (Å²) in [5.74, 6) is 0.178. The van der Waals surface area contributed by atoms with Crippen molar-refractivity contribution in [2.45, 2.75) is 24.0 Å². The van der Waals surface area contributed by atoms with Gasteiger partial charge in [0.15, 0.2) is 0 Å². The molecule has 2 rings (SSSR count). The maximum Gasteiger partial charge on any atom is 0.252 e. The Morgan fingerprint density at radius 3 is 2.44 bits per heavy atom. The van der Waals surface area contributed by atoms with E-state index >= 15 is 0 Å². The number of ketones is 1. The number of piperidine rings is 1. The molecule has 0 amide bonds. The minimum absolute atomic E-state index is 0.0199. The number of hydrogen-bond donors (Lipinski definition) is 0. The maximum absolute atomic E-state index is 12.3. The molecule has 100 valence electrons. The summed E-state index contributed by atoms with van der Waals surface area (Å²) in [6.45, 7) is 2.44. The fraction of sp³-hybridized carbons (Fsp3) is 0.545. The molecule has 0 saturated carbocycles. The largest absolute Gasteiger partial charge is 0.300 e. The van der Waals surface area contributed by atoms with Gasteiger partial charge in [-0.25, -0.2) is 8.42 Å². The van der Waals surface area contributed by atoms with E-state index < -0.39 is 10.0 Å². The van der Waals surface area contributed by atoms with Gasteiger partial charge in [-0.3, -0.25) is 4.79 Å². The van der Waals surface area contributed by atoms with Gasteiger partial charge in [-0.1, -0.05) is 0 Å². The smallest absolute Gasteiger partial charge is 0.252 e. The molecule has 0 radical (unpaired) electrons. The molecule has 0 atom stereocenters. The fourth-order valence-corrected chi connectivity index (χ4v) is 5.70. The van der Waals surface area contributed by atoms with Crippen molar-refractivity contribution in [2.24, 2.45) is 5.92 Å². The highest BCUT2D eigenvalue weighted by atomic mass is 79.9. The van der Waals surface area contributed by atoms with Gasteiger partial charge in [0, 0.05) is 19.0 Å². The first-order valence-electron chi connectivity index (χ1n) is 5.67. The zero-order valence-electron chi connectivity index (χ0n) is 9.93. The summed E-state index contributed by atoms with van der Waals surface area (Å²) >= 11 is 4.48. The van der Waals surface area contributed by atoms with Gasteiger partial charge in [0.05, 0.1) is 3.79 Å². The molecular weight excluding hydrogens is 338 g/mol. The molecule has 1 aliphatic rings. The van der Waals surface area contributed by atoms with Gasteiger partial charge in [0.25, 0.3) is 10.0 Å². The van der Waals surface area contributed by atoms with E-state index in [9.17, 15) is 13.2 Å². The second-order valence-corrected chi connectivity index (χ2v) is 8.98. The Kier molecular flexibility index (Phi) is 4.25. The van der Waals surface area contributed by atoms with Crippen molar-refractivity contribution in [3.63, 3.8) is 0 Å². The predicted molar refractivity (Wildman–Crippen MR) is 74.2 cm³/mol. The number of hydrogen-bond acceptors (Lipinski definition) is 4. The average Bonchev–Trinajstić information content (AvgIpc) is 2.76. The van der Waals surface area contributed by atoms with Gasteiger partial charge < -0.3 is 0 Å². The SMILES string of the molecule is CC(=O)C1CCN(S(=O)(=O)c2ccc(Br)s2)CC1. The Morgan fingerprint density at radius 2 is 2.00 bits per heavy atom. The van der Waals surface area contributed by atoms with Crippen LogP contribution in [0.15, 0.2) is 20.1 Å². The molecule has 0 spiro atoms. The number of sulfonamides is 1. The number of rotatable bonds is 3. The summed E-state index contributed by atoms with van der Waals surface area (Å²) in [5.41, 5.74) is 0. The van der Waals surface area contributed by atoms with Crippen molar-refractivity contribution in [3.8, 4) is 0 Å². The van der Waals surface area contributed by atoms with Crippen LogP contribution < -0.4 is 0 Å². The molecule has 4 nitrogen and oxygen atoms in total. The second kappa shape index (κ2) is 5.40. The van der Waals surface area contributed by atoms with Crippen LogP contribution in [0.1, 0.15) is 19.8 Å². The number of carbonyl (C=O) groups is 1. The normalized spacial score (nSPS) is 19.0. The van der Waals surface area contributed by atoms with E-state index in [1.54, 1.807) is 19.1 Å². The van der Waals surface area contributed by atoms with Gasteiger partial charge in [0.1, 0.15) is 9.99 Å². The third-order valence-electron chi connectivity index (χ3n) is 3.17. The molecule has 1 aliphatic heterocycles. The summed E-state index contributed by atoms with van der Waals surface area (Å²) in [5, 5.41) is 0. The van der Waals surface area contributed by atoms with Crippen LogP contribution in [-0.2, 0) is 14.8 Å². The molecule has 0 aromatic carbocycles. The minimum atomic E-state index is -3.38. The monoisotopic (exact) mass is 351 g/mol. The summed E-state index contributed by atoms with van der Waals surface area (Å²) in [6, 6.07) is 3.35. The average molecular weight is 352 g/mol. The third-order valence-corrected chi connectivity index (χ3v) is 7.16. The predicted octanol–water partition coefficient (Wildman–Crippen LogP) is 2.50. The van der Waals surface area contributed by atoms with Crippen LogP contribution in [-0.4, -0.2) is 31.6 Å². The molecule has 0 N–H and O–H groups in total. The Balaban J connectivity index is 2.12. The van der Waals surface area contributed by atoms with E-state index in [1.807, 2.05) is 0 Å². The van der Waals surface area contributed by atoms with E-state index in [1.165, 1.54) is 15.6 Å². The van der Waals surface area contributed by atoms with E-state index in [4.69, 9.17) is 0 Å². The van der Waals surface area contributed by atoms with Crippen molar-refractivity contribution in [1.29, 1.82) is 0 Å². The molecule has 18 heavy (non-hydrogen) atoms. The first kappa shape index (κ1) is 14.2. The van der Waals surface area contributed by atoms with E-state index in [2.05, 4.69) is 15.9 Å². The molecule has 0 unspecified atom stereocenters. The van der Waals surface area contributed by atoms with Crippen molar-refractivity contribution in [2.75, 3.05) is 13.1 Å². The van der Waals surface area contributed by atoms with Crippen LogP contribution >= 0.6 is 27.3 Å². The number of Topliss-reactive ketones (excluding diaryl/α,β-unsaturated/α-hetero) is 1. The third kappa shape index (κ3) is 2.84. The lowest BCUT2D eigenvalue weighted by atomic mass is 9.95. The summed E-state index contributed by atoms with van der Waals surface area (Å²) < 4.78 is 27.3. The van der Waals surface area contributed by atoms with E-state index in [-0.39, 0.29) is 11.7 Å². The van der Waals surface area contributed by atoms with Crippen molar-refractivity contribution >= 4 is 43.1 Å². The summed E-state index contributed by atoms with van der Waals surface area (Å²) in [7, 11) is -3.38. The Bertz CT molecular complexity index is 544. The Morgan fingerprint density at radius 1 is 1.39 bits per heavy atom. The topological polar surface area (TPSA) is 54.5 Å². The number of carbonyl (C=O) groups excluding carboxylic acids is 1. The molecule has 1 aromatic heterocycles.